The third-order valence-electron chi connectivity index (χ3n) is 4.27. The molecule has 31 heavy (non-hydrogen) atoms. The van der Waals surface area contributed by atoms with Gasteiger partial charge in [0.15, 0.2) is 0 Å². The molecule has 0 aliphatic carbocycles. The maximum atomic E-state index is 12.8. The molecular formula is C21H17N3O6S. The van der Waals surface area contributed by atoms with E-state index in [9.17, 15) is 24.0 Å². The molecule has 1 unspecified atom stereocenters. The molecule has 158 valence electrons. The highest BCUT2D eigenvalue weighted by Crippen LogP contribution is 2.34. The Hall–Kier alpha value is -3.92. The molecule has 0 saturated carbocycles. The quantitative estimate of drug-likeness (QED) is 0.440. The number of carboxylic acids is 1. The molecule has 2 aromatic carbocycles. The molecule has 1 aliphatic heterocycles. The maximum absolute atomic E-state index is 12.8. The lowest BCUT2D eigenvalue weighted by Gasteiger charge is -2.15. The molecule has 3 rings (SSSR count). The van der Waals surface area contributed by atoms with Crippen molar-refractivity contribution in [2.45, 2.75) is 16.6 Å². The average molecular weight is 439 g/mol. The first-order valence-electron chi connectivity index (χ1n) is 9.00. The molecule has 0 aromatic heterocycles. The van der Waals surface area contributed by atoms with Crippen molar-refractivity contribution in [3.63, 3.8) is 0 Å². The van der Waals surface area contributed by atoms with Crippen LogP contribution in [0.25, 0.3) is 0 Å². The molecular weight excluding hydrogens is 422 g/mol. The predicted molar refractivity (Wildman–Crippen MR) is 114 cm³/mol. The van der Waals surface area contributed by atoms with E-state index < -0.39 is 23.0 Å². The van der Waals surface area contributed by atoms with Gasteiger partial charge in [-0.2, -0.15) is 0 Å². The van der Waals surface area contributed by atoms with Crippen LogP contribution in [0.5, 0.6) is 0 Å². The lowest BCUT2D eigenvalue weighted by Crippen LogP contribution is -2.31. The zero-order valence-electron chi connectivity index (χ0n) is 16.0. The first-order valence-corrected chi connectivity index (χ1v) is 9.88. The molecule has 1 fully saturated rings. The number of benzene rings is 2. The Kier molecular flexibility index (Phi) is 6.51. The van der Waals surface area contributed by atoms with E-state index in [1.165, 1.54) is 36.0 Å². The SMILES string of the molecule is NC(=O)c1ccc(N2C(=O)CC(Sc3cccc(NC(=O)/C=C/C(=O)O)c3)C2=O)cc1. The Morgan fingerprint density at radius 1 is 1.10 bits per heavy atom. The second kappa shape index (κ2) is 9.26. The van der Waals surface area contributed by atoms with Crippen LogP contribution in [0.15, 0.2) is 65.6 Å². The van der Waals surface area contributed by atoms with Gasteiger partial charge in [0.1, 0.15) is 0 Å². The number of carbonyl (C=O) groups excluding carboxylic acids is 4. The molecule has 0 radical (unpaired) electrons. The van der Waals surface area contributed by atoms with Crippen LogP contribution >= 0.6 is 11.8 Å². The second-order valence-corrected chi connectivity index (χ2v) is 7.75. The fraction of sp³-hybridized carbons (Fsp3) is 0.0952. The normalized spacial score (nSPS) is 16.0. The Balaban J connectivity index is 1.70. The summed E-state index contributed by atoms with van der Waals surface area (Å²) >= 11 is 1.18. The van der Waals surface area contributed by atoms with Crippen molar-refractivity contribution in [3.05, 3.63) is 66.2 Å². The smallest absolute Gasteiger partial charge is 0.328 e. The fourth-order valence-electron chi connectivity index (χ4n) is 2.88. The van der Waals surface area contributed by atoms with Crippen LogP contribution in [0, 0.1) is 0 Å². The summed E-state index contributed by atoms with van der Waals surface area (Å²) in [6.07, 6.45) is 1.61. The minimum absolute atomic E-state index is 0.000985. The zero-order chi connectivity index (χ0) is 22.5. The molecule has 1 heterocycles. The van der Waals surface area contributed by atoms with Gasteiger partial charge in [-0.15, -0.1) is 11.8 Å². The minimum atomic E-state index is -1.24. The number of rotatable bonds is 7. The Bertz CT molecular complexity index is 1100. The first kappa shape index (κ1) is 21.8. The number of nitrogens with one attached hydrogen (secondary N) is 1. The summed E-state index contributed by atoms with van der Waals surface area (Å²) in [6, 6.07) is 12.5. The summed E-state index contributed by atoms with van der Waals surface area (Å²) in [5, 5.41) is 10.4. The highest BCUT2D eigenvalue weighted by atomic mass is 32.2. The zero-order valence-corrected chi connectivity index (χ0v) is 16.8. The Morgan fingerprint density at radius 3 is 2.45 bits per heavy atom. The number of anilines is 2. The molecule has 1 aliphatic rings. The summed E-state index contributed by atoms with van der Waals surface area (Å²) in [6.45, 7) is 0. The molecule has 1 atom stereocenters. The van der Waals surface area contributed by atoms with E-state index in [0.29, 0.717) is 16.3 Å². The van der Waals surface area contributed by atoms with E-state index in [1.807, 2.05) is 0 Å². The van der Waals surface area contributed by atoms with E-state index in [0.717, 1.165) is 17.1 Å². The van der Waals surface area contributed by atoms with Gasteiger partial charge >= 0.3 is 5.97 Å². The second-order valence-electron chi connectivity index (χ2n) is 6.48. The van der Waals surface area contributed by atoms with Crippen molar-refractivity contribution in [1.82, 2.24) is 0 Å². The van der Waals surface area contributed by atoms with Crippen LogP contribution in [0.4, 0.5) is 11.4 Å². The average Bonchev–Trinajstić information content (AvgIpc) is 2.99. The number of hydrogen-bond donors (Lipinski definition) is 3. The van der Waals surface area contributed by atoms with E-state index in [-0.39, 0.29) is 23.8 Å². The van der Waals surface area contributed by atoms with Gasteiger partial charge < -0.3 is 16.2 Å². The van der Waals surface area contributed by atoms with Gasteiger partial charge in [0.2, 0.25) is 23.6 Å². The third-order valence-corrected chi connectivity index (χ3v) is 5.45. The van der Waals surface area contributed by atoms with Crippen molar-refractivity contribution >= 4 is 52.7 Å². The molecule has 0 spiro atoms. The Morgan fingerprint density at radius 2 is 1.81 bits per heavy atom. The molecule has 2 aromatic rings. The van der Waals surface area contributed by atoms with Crippen LogP contribution in [0.1, 0.15) is 16.8 Å². The summed E-state index contributed by atoms with van der Waals surface area (Å²) in [5.74, 6) is -3.21. The Labute approximate surface area is 180 Å². The summed E-state index contributed by atoms with van der Waals surface area (Å²) in [4.78, 5) is 60.4. The van der Waals surface area contributed by atoms with E-state index in [1.54, 1.807) is 24.3 Å². The number of hydrogen-bond acceptors (Lipinski definition) is 6. The molecule has 4 N–H and O–H groups in total. The maximum Gasteiger partial charge on any atom is 0.328 e. The molecule has 0 bridgehead atoms. The first-order chi connectivity index (χ1) is 14.7. The predicted octanol–water partition coefficient (Wildman–Crippen LogP) is 1.79. The van der Waals surface area contributed by atoms with Gasteiger partial charge in [-0.25, -0.2) is 9.69 Å². The van der Waals surface area contributed by atoms with Crippen molar-refractivity contribution < 1.29 is 29.1 Å². The number of thioether (sulfide) groups is 1. The van der Waals surface area contributed by atoms with Gasteiger partial charge in [-0.1, -0.05) is 6.07 Å². The van der Waals surface area contributed by atoms with Crippen LogP contribution < -0.4 is 16.0 Å². The molecule has 10 heteroatoms. The lowest BCUT2D eigenvalue weighted by molar-refractivity contribution is -0.131. The third kappa shape index (κ3) is 5.37. The fourth-order valence-corrected chi connectivity index (χ4v) is 4.00. The summed E-state index contributed by atoms with van der Waals surface area (Å²) in [7, 11) is 0. The molecule has 4 amide bonds. The number of nitrogens with two attached hydrogens (primary N) is 1. The van der Waals surface area contributed by atoms with E-state index in [2.05, 4.69) is 5.32 Å². The number of amides is 4. The number of imide groups is 1. The standard InChI is InChI=1S/C21H17N3O6S/c22-20(29)12-4-6-14(7-5-12)24-18(26)11-16(21(24)30)31-15-3-1-2-13(10-15)23-17(25)8-9-19(27)28/h1-10,16H,11H2,(H2,22,29)(H,23,25)(H,27,28)/b9-8+. The topological polar surface area (TPSA) is 147 Å². The highest BCUT2D eigenvalue weighted by molar-refractivity contribution is 8.00. The van der Waals surface area contributed by atoms with Crippen molar-refractivity contribution in [1.29, 1.82) is 0 Å². The largest absolute Gasteiger partial charge is 0.478 e. The highest BCUT2D eigenvalue weighted by Gasteiger charge is 2.40. The monoisotopic (exact) mass is 439 g/mol. The number of carboxylic acid groups (broad SMARTS) is 1. The van der Waals surface area contributed by atoms with Crippen LogP contribution in [0.3, 0.4) is 0 Å². The minimum Gasteiger partial charge on any atom is -0.478 e. The summed E-state index contributed by atoms with van der Waals surface area (Å²) in [5.41, 5.74) is 6.25. The summed E-state index contributed by atoms with van der Waals surface area (Å²) < 4.78 is 0. The van der Waals surface area contributed by atoms with Gasteiger partial charge in [-0.05, 0) is 42.5 Å². The van der Waals surface area contributed by atoms with Crippen molar-refractivity contribution in [3.8, 4) is 0 Å². The van der Waals surface area contributed by atoms with E-state index in [4.69, 9.17) is 10.8 Å². The van der Waals surface area contributed by atoms with Crippen LogP contribution in [0.2, 0.25) is 0 Å². The number of carbonyl (C=O) groups is 5. The van der Waals surface area contributed by atoms with Crippen LogP contribution in [-0.2, 0) is 19.2 Å². The van der Waals surface area contributed by atoms with Crippen LogP contribution in [-0.4, -0.2) is 40.0 Å². The number of nitrogens with zero attached hydrogens (tertiary/aromatic N) is 1. The van der Waals surface area contributed by atoms with Gasteiger partial charge in [-0.3, -0.25) is 19.2 Å². The van der Waals surface area contributed by atoms with Gasteiger partial charge in [0, 0.05) is 34.7 Å². The van der Waals surface area contributed by atoms with Crippen molar-refractivity contribution in [2.75, 3.05) is 10.2 Å². The van der Waals surface area contributed by atoms with Crippen molar-refractivity contribution in [2.24, 2.45) is 5.73 Å². The van der Waals surface area contributed by atoms with E-state index >= 15 is 0 Å². The number of aliphatic carboxylic acids is 1. The van der Waals surface area contributed by atoms with Gasteiger partial charge in [0.25, 0.3) is 0 Å². The number of primary amides is 1. The van der Waals surface area contributed by atoms with Gasteiger partial charge in [0.05, 0.1) is 10.9 Å². The molecule has 1 saturated heterocycles. The molecule has 9 nitrogen and oxygen atoms in total. The lowest BCUT2D eigenvalue weighted by atomic mass is 10.2.